The summed E-state index contributed by atoms with van der Waals surface area (Å²) in [6.45, 7) is 5.22. The van der Waals surface area contributed by atoms with Gasteiger partial charge in [0, 0.05) is 6.08 Å². The average Bonchev–Trinajstić information content (AvgIpc) is 2.03. The quantitative estimate of drug-likeness (QED) is 0.679. The fourth-order valence-electron chi connectivity index (χ4n) is 0.988. The molecule has 0 aromatic carbocycles. The molecule has 13 heavy (non-hydrogen) atoms. The van der Waals surface area contributed by atoms with Crippen LogP contribution in [-0.4, -0.2) is 10.1 Å². The van der Waals surface area contributed by atoms with Crippen LogP contribution in [0, 0.1) is 0 Å². The Hall–Kier alpha value is -1.77. The minimum atomic E-state index is 0.196. The third-order valence-corrected chi connectivity index (χ3v) is 1.54. The van der Waals surface area contributed by atoms with E-state index in [1.807, 2.05) is 6.07 Å². The first-order valence-corrected chi connectivity index (χ1v) is 3.89. The van der Waals surface area contributed by atoms with E-state index in [0.717, 1.165) is 5.56 Å². The van der Waals surface area contributed by atoms with Gasteiger partial charge in [0.25, 0.3) is 0 Å². The molecule has 3 nitrogen and oxygen atoms in total. The molecule has 1 aromatic rings. The summed E-state index contributed by atoms with van der Waals surface area (Å²) in [4.78, 5) is 4.05. The predicted octanol–water partition coefficient (Wildman–Crippen LogP) is 2.23. The van der Waals surface area contributed by atoms with Crippen LogP contribution in [0.1, 0.15) is 18.2 Å². The van der Waals surface area contributed by atoms with E-state index in [9.17, 15) is 0 Å². The monoisotopic (exact) mass is 176 g/mol. The van der Waals surface area contributed by atoms with Crippen LogP contribution in [0.5, 0.6) is 0 Å². The van der Waals surface area contributed by atoms with Gasteiger partial charge in [0.2, 0.25) is 0 Å². The maximum absolute atomic E-state index is 9.06. The summed E-state index contributed by atoms with van der Waals surface area (Å²) in [5, 5.41) is 9.06. The van der Waals surface area contributed by atoms with Crippen LogP contribution in [0.15, 0.2) is 24.5 Å². The number of hydrogen-bond donors (Lipinski definition) is 2. The van der Waals surface area contributed by atoms with E-state index < -0.39 is 0 Å². The Morgan fingerprint density at radius 3 is 2.85 bits per heavy atom. The first kappa shape index (κ1) is 9.32. The Morgan fingerprint density at radius 1 is 1.62 bits per heavy atom. The zero-order chi connectivity index (χ0) is 9.84. The Kier molecular flexibility index (Phi) is 2.69. The van der Waals surface area contributed by atoms with Gasteiger partial charge in [-0.2, -0.15) is 0 Å². The van der Waals surface area contributed by atoms with E-state index in [4.69, 9.17) is 10.8 Å². The molecule has 0 aliphatic heterocycles. The first-order chi connectivity index (χ1) is 6.13. The van der Waals surface area contributed by atoms with E-state index in [0.29, 0.717) is 11.5 Å². The van der Waals surface area contributed by atoms with Crippen LogP contribution in [-0.2, 0) is 0 Å². The number of nitrogens with zero attached hydrogens (tertiary/aromatic N) is 1. The molecule has 0 spiro atoms. The molecule has 0 fully saturated rings. The second-order valence-electron chi connectivity index (χ2n) is 2.70. The van der Waals surface area contributed by atoms with Gasteiger partial charge >= 0.3 is 0 Å². The average molecular weight is 176 g/mol. The molecular weight excluding hydrogens is 164 g/mol. The highest BCUT2D eigenvalue weighted by Crippen LogP contribution is 2.13. The summed E-state index contributed by atoms with van der Waals surface area (Å²) in [6.07, 6.45) is 3.22. The molecule has 0 radical (unpaired) electrons. The lowest BCUT2D eigenvalue weighted by atomic mass is 10.1. The number of nitrogen functional groups attached to an aromatic ring is 1. The third-order valence-electron chi connectivity index (χ3n) is 1.54. The molecule has 68 valence electrons. The molecule has 0 bridgehead atoms. The van der Waals surface area contributed by atoms with Crippen molar-refractivity contribution in [1.82, 2.24) is 4.98 Å². The molecule has 1 aromatic heterocycles. The normalized spacial score (nSPS) is 11.3. The van der Waals surface area contributed by atoms with Crippen molar-refractivity contribution in [3.8, 4) is 0 Å². The molecule has 0 atom stereocenters. The number of rotatable bonds is 2. The summed E-state index contributed by atoms with van der Waals surface area (Å²) < 4.78 is 0. The second-order valence-corrected chi connectivity index (χ2v) is 2.70. The summed E-state index contributed by atoms with van der Waals surface area (Å²) in [5.41, 5.74) is 6.99. The molecule has 0 amide bonds. The van der Waals surface area contributed by atoms with Crippen molar-refractivity contribution >= 4 is 18.0 Å². The van der Waals surface area contributed by atoms with Crippen LogP contribution in [0.2, 0.25) is 0 Å². The Labute approximate surface area is 77.2 Å². The minimum Gasteiger partial charge on any atom is -0.513 e. The minimum absolute atomic E-state index is 0.196. The number of aromatic nitrogens is 1. The van der Waals surface area contributed by atoms with Gasteiger partial charge in [-0.25, -0.2) is 4.98 Å². The van der Waals surface area contributed by atoms with Gasteiger partial charge in [0.1, 0.15) is 5.82 Å². The molecule has 0 aliphatic rings. The van der Waals surface area contributed by atoms with Crippen LogP contribution in [0.25, 0.3) is 12.2 Å². The molecule has 3 heteroatoms. The summed E-state index contributed by atoms with van der Waals surface area (Å²) in [6, 6.07) is 3.51. The zero-order valence-electron chi connectivity index (χ0n) is 7.49. The first-order valence-electron chi connectivity index (χ1n) is 3.89. The summed E-state index contributed by atoms with van der Waals surface area (Å²) >= 11 is 0. The number of hydrogen-bond acceptors (Lipinski definition) is 3. The Morgan fingerprint density at radius 2 is 2.31 bits per heavy atom. The van der Waals surface area contributed by atoms with Gasteiger partial charge < -0.3 is 10.8 Å². The number of aliphatic hydroxyl groups is 1. The van der Waals surface area contributed by atoms with Crippen molar-refractivity contribution in [2.24, 2.45) is 0 Å². The highest BCUT2D eigenvalue weighted by molar-refractivity contribution is 5.63. The molecule has 0 saturated carbocycles. The molecule has 3 N–H and O–H groups in total. The standard InChI is InChI=1S/C10H12N2O/c1-3-8-4-5-10(11)12-9(8)6-7(2)13/h3-6,13H,1H2,2H3,(H2,11,12)/b7-6+. The molecule has 1 heterocycles. The van der Waals surface area contributed by atoms with E-state index >= 15 is 0 Å². The maximum atomic E-state index is 9.06. The van der Waals surface area contributed by atoms with Gasteiger partial charge in [0.05, 0.1) is 11.5 Å². The lowest BCUT2D eigenvalue weighted by Crippen LogP contribution is -1.94. The van der Waals surface area contributed by atoms with Crippen LogP contribution < -0.4 is 5.73 Å². The third kappa shape index (κ3) is 2.33. The number of aliphatic hydroxyl groups excluding tert-OH is 1. The fraction of sp³-hybridized carbons (Fsp3) is 0.100. The maximum Gasteiger partial charge on any atom is 0.124 e. The van der Waals surface area contributed by atoms with Gasteiger partial charge in [0.15, 0.2) is 0 Å². The largest absolute Gasteiger partial charge is 0.513 e. The number of anilines is 1. The number of pyridine rings is 1. The highest BCUT2D eigenvalue weighted by atomic mass is 16.3. The fourth-order valence-corrected chi connectivity index (χ4v) is 0.988. The van der Waals surface area contributed by atoms with Gasteiger partial charge in [-0.3, -0.25) is 0 Å². The zero-order valence-corrected chi connectivity index (χ0v) is 7.49. The van der Waals surface area contributed by atoms with Gasteiger partial charge in [-0.1, -0.05) is 12.7 Å². The molecule has 0 aliphatic carbocycles. The molecule has 0 unspecified atom stereocenters. The van der Waals surface area contributed by atoms with Crippen molar-refractivity contribution in [2.75, 3.05) is 5.73 Å². The van der Waals surface area contributed by atoms with Crippen LogP contribution in [0.4, 0.5) is 5.82 Å². The van der Waals surface area contributed by atoms with E-state index in [1.165, 1.54) is 0 Å². The summed E-state index contributed by atoms with van der Waals surface area (Å²) in [5.74, 6) is 0.624. The lowest BCUT2D eigenvalue weighted by molar-refractivity contribution is 0.419. The summed E-state index contributed by atoms with van der Waals surface area (Å²) in [7, 11) is 0. The molecule has 1 rings (SSSR count). The van der Waals surface area contributed by atoms with E-state index in [1.54, 1.807) is 25.1 Å². The van der Waals surface area contributed by atoms with Crippen LogP contribution in [0.3, 0.4) is 0 Å². The topological polar surface area (TPSA) is 59.1 Å². The highest BCUT2D eigenvalue weighted by Gasteiger charge is 1.98. The van der Waals surface area contributed by atoms with E-state index in [2.05, 4.69) is 11.6 Å². The van der Waals surface area contributed by atoms with Crippen LogP contribution >= 0.6 is 0 Å². The SMILES string of the molecule is C=Cc1ccc(N)nc1/C=C(\C)O. The second kappa shape index (κ2) is 3.76. The van der Waals surface area contributed by atoms with Gasteiger partial charge in [-0.15, -0.1) is 0 Å². The van der Waals surface area contributed by atoms with Crippen molar-refractivity contribution in [1.29, 1.82) is 0 Å². The van der Waals surface area contributed by atoms with Crippen molar-refractivity contribution in [3.05, 3.63) is 35.7 Å². The number of allylic oxidation sites excluding steroid dienone is 1. The predicted molar refractivity (Wildman–Crippen MR) is 55.0 cm³/mol. The van der Waals surface area contributed by atoms with Gasteiger partial charge in [-0.05, 0) is 24.6 Å². The Balaban J connectivity index is 3.23. The van der Waals surface area contributed by atoms with E-state index in [-0.39, 0.29) is 5.76 Å². The number of nitrogens with two attached hydrogens (primary N) is 1. The van der Waals surface area contributed by atoms with Crippen molar-refractivity contribution < 1.29 is 5.11 Å². The van der Waals surface area contributed by atoms with Crippen molar-refractivity contribution in [2.45, 2.75) is 6.92 Å². The molecular formula is C10H12N2O. The Bertz CT molecular complexity index is 352. The molecule has 0 saturated heterocycles. The lowest BCUT2D eigenvalue weighted by Gasteiger charge is -2.01. The smallest absolute Gasteiger partial charge is 0.124 e. The van der Waals surface area contributed by atoms with Crippen molar-refractivity contribution in [3.63, 3.8) is 0 Å².